The summed E-state index contributed by atoms with van der Waals surface area (Å²) in [5, 5.41) is 14.5. The van der Waals surface area contributed by atoms with Crippen molar-refractivity contribution in [1.29, 1.82) is 0 Å². The Kier molecular flexibility index (Phi) is 5.14. The quantitative estimate of drug-likeness (QED) is 0.443. The van der Waals surface area contributed by atoms with Crippen molar-refractivity contribution in [2.24, 2.45) is 0 Å². The number of non-ortho nitro benzene ring substituents is 1. The molecular weight excluding hydrogens is 420 g/mol. The van der Waals surface area contributed by atoms with Crippen LogP contribution in [0.2, 0.25) is 0 Å². The lowest BCUT2D eigenvalue weighted by Gasteiger charge is -2.31. The summed E-state index contributed by atoms with van der Waals surface area (Å²) < 4.78 is 31.9. The van der Waals surface area contributed by atoms with Gasteiger partial charge < -0.3 is 10.1 Å². The van der Waals surface area contributed by atoms with E-state index < -0.39 is 26.6 Å². The number of rotatable bonds is 3. The normalized spacial score (nSPS) is 19.6. The van der Waals surface area contributed by atoms with E-state index in [4.69, 9.17) is 4.74 Å². The summed E-state index contributed by atoms with van der Waals surface area (Å²) in [5.74, 6) is -1.86. The molecule has 1 unspecified atom stereocenters. The van der Waals surface area contributed by atoms with E-state index in [0.717, 1.165) is 11.1 Å². The molecule has 0 saturated carbocycles. The highest BCUT2D eigenvalue weighted by atomic mass is 32.2. The van der Waals surface area contributed by atoms with E-state index in [-0.39, 0.29) is 21.9 Å². The standard InChI is InChI=1S/C22H20N2O6S/c1-13-18(22(25)30-2)19(15-7-5-8-16(12-15)24(26)27)21-20(23-13)17-9-4-3-6-14(17)10-11-31(21,28)29/h3-9,12,19,23H,10-11H2,1-2H3. The molecule has 0 amide bonds. The van der Waals surface area contributed by atoms with Crippen molar-refractivity contribution >= 4 is 27.2 Å². The Labute approximate surface area is 179 Å². The van der Waals surface area contributed by atoms with Gasteiger partial charge in [-0.15, -0.1) is 0 Å². The summed E-state index contributed by atoms with van der Waals surface area (Å²) in [7, 11) is -2.59. The lowest BCUT2D eigenvalue weighted by molar-refractivity contribution is -0.384. The number of nitro groups is 1. The smallest absolute Gasteiger partial charge is 0.336 e. The van der Waals surface area contributed by atoms with Gasteiger partial charge in [0.1, 0.15) is 0 Å². The molecule has 0 spiro atoms. The van der Waals surface area contributed by atoms with Crippen LogP contribution in [0.5, 0.6) is 0 Å². The molecule has 9 heteroatoms. The topological polar surface area (TPSA) is 116 Å². The number of fused-ring (bicyclic) bond motifs is 2. The van der Waals surface area contributed by atoms with Crippen molar-refractivity contribution in [3.05, 3.63) is 91.5 Å². The Bertz CT molecular complexity index is 1280. The highest BCUT2D eigenvalue weighted by molar-refractivity contribution is 7.95. The van der Waals surface area contributed by atoms with Crippen LogP contribution < -0.4 is 5.32 Å². The molecule has 0 aromatic heterocycles. The average molecular weight is 440 g/mol. The third-order valence-corrected chi connectivity index (χ3v) is 7.45. The highest BCUT2D eigenvalue weighted by Gasteiger charge is 2.42. The number of dihydropyridines is 1. The number of allylic oxidation sites excluding steroid dienone is 2. The van der Waals surface area contributed by atoms with E-state index in [1.807, 2.05) is 24.3 Å². The van der Waals surface area contributed by atoms with Crippen molar-refractivity contribution in [1.82, 2.24) is 5.32 Å². The maximum Gasteiger partial charge on any atom is 0.336 e. The van der Waals surface area contributed by atoms with Gasteiger partial charge in [-0.25, -0.2) is 13.2 Å². The van der Waals surface area contributed by atoms with Crippen LogP contribution in [0.4, 0.5) is 5.69 Å². The number of nitro benzene ring substituents is 1. The summed E-state index contributed by atoms with van der Waals surface area (Å²) in [6.45, 7) is 1.67. The number of aryl methyl sites for hydroxylation is 1. The van der Waals surface area contributed by atoms with Crippen LogP contribution in [0.15, 0.2) is 64.7 Å². The van der Waals surface area contributed by atoms with E-state index in [9.17, 15) is 23.3 Å². The zero-order chi connectivity index (χ0) is 22.3. The molecule has 2 aliphatic rings. The fourth-order valence-corrected chi connectivity index (χ4v) is 5.99. The van der Waals surface area contributed by atoms with Crippen molar-refractivity contribution in [2.75, 3.05) is 12.9 Å². The minimum atomic E-state index is -3.81. The van der Waals surface area contributed by atoms with Gasteiger partial charge in [0.15, 0.2) is 9.84 Å². The van der Waals surface area contributed by atoms with Crippen molar-refractivity contribution < 1.29 is 22.9 Å². The minimum absolute atomic E-state index is 0.0314. The predicted octanol–water partition coefficient (Wildman–Crippen LogP) is 3.07. The van der Waals surface area contributed by atoms with Gasteiger partial charge in [-0.1, -0.05) is 36.4 Å². The maximum atomic E-state index is 13.5. The summed E-state index contributed by atoms with van der Waals surface area (Å²) >= 11 is 0. The number of esters is 1. The predicted molar refractivity (Wildman–Crippen MR) is 115 cm³/mol. The van der Waals surface area contributed by atoms with Crippen molar-refractivity contribution in [3.8, 4) is 0 Å². The van der Waals surface area contributed by atoms with Gasteiger partial charge in [0.2, 0.25) is 0 Å². The first-order valence-corrected chi connectivity index (χ1v) is 11.3. The molecule has 0 bridgehead atoms. The largest absolute Gasteiger partial charge is 0.466 e. The highest BCUT2D eigenvalue weighted by Crippen LogP contribution is 2.46. The number of hydrogen-bond acceptors (Lipinski definition) is 7. The van der Waals surface area contributed by atoms with Gasteiger partial charge in [-0.05, 0) is 24.5 Å². The third-order valence-electron chi connectivity index (χ3n) is 5.60. The fourth-order valence-electron chi connectivity index (χ4n) is 4.20. The molecular formula is C22H20N2O6S. The van der Waals surface area contributed by atoms with Gasteiger partial charge >= 0.3 is 5.97 Å². The number of carbonyl (C=O) groups excluding carboxylic acids is 1. The first-order chi connectivity index (χ1) is 14.7. The molecule has 8 nitrogen and oxygen atoms in total. The molecule has 0 aliphatic carbocycles. The summed E-state index contributed by atoms with van der Waals surface area (Å²) in [4.78, 5) is 23.6. The maximum absolute atomic E-state index is 13.5. The number of carbonyl (C=O) groups is 1. The molecule has 1 atom stereocenters. The Morgan fingerprint density at radius 3 is 2.65 bits per heavy atom. The molecule has 0 saturated heterocycles. The van der Waals surface area contributed by atoms with Crippen LogP contribution in [0.3, 0.4) is 0 Å². The number of nitrogens with zero attached hydrogens (tertiary/aromatic N) is 1. The first kappa shape index (κ1) is 20.8. The summed E-state index contributed by atoms with van der Waals surface area (Å²) in [6, 6.07) is 13.1. The summed E-state index contributed by atoms with van der Waals surface area (Å²) in [5.41, 5.74) is 2.71. The summed E-state index contributed by atoms with van der Waals surface area (Å²) in [6.07, 6.45) is 0.321. The first-order valence-electron chi connectivity index (χ1n) is 9.60. The molecule has 2 heterocycles. The monoisotopic (exact) mass is 440 g/mol. The van der Waals surface area contributed by atoms with Crippen molar-refractivity contribution in [2.45, 2.75) is 19.3 Å². The third kappa shape index (κ3) is 3.50. The van der Waals surface area contributed by atoms with Gasteiger partial charge in [0.05, 0.1) is 39.9 Å². The Morgan fingerprint density at radius 1 is 1.19 bits per heavy atom. The van der Waals surface area contributed by atoms with Crippen LogP contribution in [-0.4, -0.2) is 32.2 Å². The van der Waals surface area contributed by atoms with Gasteiger partial charge in [0, 0.05) is 23.4 Å². The van der Waals surface area contributed by atoms with Gasteiger partial charge in [0.25, 0.3) is 5.69 Å². The second-order valence-electron chi connectivity index (χ2n) is 7.41. The zero-order valence-electron chi connectivity index (χ0n) is 16.9. The second-order valence-corrected chi connectivity index (χ2v) is 9.48. The van der Waals surface area contributed by atoms with Gasteiger partial charge in [-0.2, -0.15) is 0 Å². The Balaban J connectivity index is 2.06. The molecule has 1 N–H and O–H groups in total. The van der Waals surface area contributed by atoms with E-state index >= 15 is 0 Å². The molecule has 4 rings (SSSR count). The van der Waals surface area contributed by atoms with E-state index in [2.05, 4.69) is 5.32 Å². The number of benzene rings is 2. The van der Waals surface area contributed by atoms with Crippen LogP contribution in [0.25, 0.3) is 5.70 Å². The number of sulfone groups is 1. The average Bonchev–Trinajstić information content (AvgIpc) is 2.87. The fraction of sp³-hybridized carbons (Fsp3) is 0.227. The molecule has 2 aliphatic heterocycles. The zero-order valence-corrected chi connectivity index (χ0v) is 17.7. The van der Waals surface area contributed by atoms with E-state index in [1.165, 1.54) is 25.3 Å². The molecule has 31 heavy (non-hydrogen) atoms. The van der Waals surface area contributed by atoms with Crippen LogP contribution in [0.1, 0.15) is 29.5 Å². The number of hydrogen-bond donors (Lipinski definition) is 1. The van der Waals surface area contributed by atoms with Gasteiger partial charge in [-0.3, -0.25) is 10.1 Å². The Hall–Kier alpha value is -3.46. The molecule has 160 valence electrons. The number of methoxy groups -OCH3 is 1. The molecule has 0 fully saturated rings. The molecule has 2 aromatic rings. The second kappa shape index (κ2) is 7.66. The Morgan fingerprint density at radius 2 is 1.94 bits per heavy atom. The van der Waals surface area contributed by atoms with Crippen LogP contribution in [0, 0.1) is 10.1 Å². The SMILES string of the molecule is COC(=O)C1=C(C)NC2=C(C1c1cccc([N+](=O)[O-])c1)S(=O)(=O)CCc1ccccc12. The van der Waals surface area contributed by atoms with Crippen molar-refractivity contribution in [3.63, 3.8) is 0 Å². The molecule has 2 aromatic carbocycles. The lowest BCUT2D eigenvalue weighted by Crippen LogP contribution is -2.32. The minimum Gasteiger partial charge on any atom is -0.466 e. The molecule has 0 radical (unpaired) electrons. The van der Waals surface area contributed by atoms with E-state index in [0.29, 0.717) is 23.4 Å². The number of ether oxygens (including phenoxy) is 1. The van der Waals surface area contributed by atoms with Crippen LogP contribution in [-0.2, 0) is 25.8 Å². The lowest BCUT2D eigenvalue weighted by atomic mass is 9.84. The number of nitrogens with one attached hydrogen (secondary N) is 1. The van der Waals surface area contributed by atoms with E-state index in [1.54, 1.807) is 13.0 Å². The van der Waals surface area contributed by atoms with Crippen LogP contribution >= 0.6 is 0 Å².